The van der Waals surface area contributed by atoms with Crippen molar-refractivity contribution in [3.8, 4) is 6.07 Å². The molecule has 0 bridgehead atoms. The van der Waals surface area contributed by atoms with Gasteiger partial charge in [-0.15, -0.1) is 0 Å². The maximum atomic E-state index is 12.2. The van der Waals surface area contributed by atoms with Crippen molar-refractivity contribution < 1.29 is 8.42 Å². The van der Waals surface area contributed by atoms with E-state index in [-0.39, 0.29) is 11.8 Å². The van der Waals surface area contributed by atoms with Crippen molar-refractivity contribution in [2.45, 2.75) is 25.8 Å². The van der Waals surface area contributed by atoms with Gasteiger partial charge in [0.2, 0.25) is 10.0 Å². The van der Waals surface area contributed by atoms with E-state index in [1.807, 2.05) is 37.3 Å². The molecule has 0 aliphatic carbocycles. The lowest BCUT2D eigenvalue weighted by molar-refractivity contribution is 0.162. The number of nitriles is 1. The minimum atomic E-state index is -3.14. The zero-order valence-corrected chi connectivity index (χ0v) is 13.8. The average molecular weight is 321 g/mol. The molecule has 2 rings (SSSR count). The molecule has 1 aliphatic heterocycles. The predicted molar refractivity (Wildman–Crippen MR) is 86.6 cm³/mol. The lowest BCUT2D eigenvalue weighted by Crippen LogP contribution is -2.50. The highest BCUT2D eigenvalue weighted by atomic mass is 32.2. The van der Waals surface area contributed by atoms with Gasteiger partial charge in [-0.1, -0.05) is 43.7 Å². The molecule has 1 aromatic rings. The van der Waals surface area contributed by atoms with E-state index in [4.69, 9.17) is 0 Å². The lowest BCUT2D eigenvalue weighted by Gasteiger charge is -2.36. The van der Waals surface area contributed by atoms with Crippen LogP contribution in [0.3, 0.4) is 0 Å². The zero-order valence-electron chi connectivity index (χ0n) is 13.0. The minimum Gasteiger partial charge on any atom is -0.282 e. The number of piperazine rings is 1. The number of unbranched alkanes of at least 4 members (excludes halogenated alkanes) is 1. The standard InChI is InChI=1S/C16H23N3O2S/c1-2-3-13-22(20,21)19-11-9-18(10-12-19)16(14-17)15-7-5-4-6-8-15/h4-8,16H,2-3,9-13H2,1H3/t16-/m0/s1. The Labute approximate surface area is 133 Å². The number of hydrogen-bond acceptors (Lipinski definition) is 4. The number of rotatable bonds is 6. The molecular weight excluding hydrogens is 298 g/mol. The van der Waals surface area contributed by atoms with Crippen molar-refractivity contribution in [1.82, 2.24) is 9.21 Å². The molecule has 0 aromatic heterocycles. The summed E-state index contributed by atoms with van der Waals surface area (Å²) in [6.45, 7) is 4.12. The van der Waals surface area contributed by atoms with Crippen LogP contribution in [0.5, 0.6) is 0 Å². The molecule has 0 radical (unpaired) electrons. The van der Waals surface area contributed by atoms with Crippen molar-refractivity contribution in [2.75, 3.05) is 31.9 Å². The number of benzene rings is 1. The van der Waals surface area contributed by atoms with Gasteiger partial charge in [-0.2, -0.15) is 9.57 Å². The molecule has 1 fully saturated rings. The Morgan fingerprint density at radius 1 is 1.18 bits per heavy atom. The van der Waals surface area contributed by atoms with E-state index in [0.29, 0.717) is 32.6 Å². The van der Waals surface area contributed by atoms with E-state index in [0.717, 1.165) is 12.0 Å². The zero-order chi connectivity index (χ0) is 16.0. The Morgan fingerprint density at radius 3 is 2.36 bits per heavy atom. The SMILES string of the molecule is CCCCS(=O)(=O)N1CCN([C@@H](C#N)c2ccccc2)CC1. The highest BCUT2D eigenvalue weighted by molar-refractivity contribution is 7.89. The quantitative estimate of drug-likeness (QED) is 0.804. The van der Waals surface area contributed by atoms with Gasteiger partial charge in [0.25, 0.3) is 0 Å². The second kappa shape index (κ2) is 7.73. The lowest BCUT2D eigenvalue weighted by atomic mass is 10.1. The summed E-state index contributed by atoms with van der Waals surface area (Å²) in [6.07, 6.45) is 1.58. The van der Waals surface area contributed by atoms with Crippen LogP contribution in [0.25, 0.3) is 0 Å². The first-order chi connectivity index (χ1) is 10.6. The molecular formula is C16H23N3O2S. The first-order valence-electron chi connectivity index (χ1n) is 7.75. The molecule has 1 aromatic carbocycles. The van der Waals surface area contributed by atoms with Gasteiger partial charge in [-0.25, -0.2) is 8.42 Å². The van der Waals surface area contributed by atoms with Crippen LogP contribution in [0, 0.1) is 11.3 Å². The van der Waals surface area contributed by atoms with E-state index >= 15 is 0 Å². The molecule has 22 heavy (non-hydrogen) atoms. The van der Waals surface area contributed by atoms with E-state index in [9.17, 15) is 13.7 Å². The summed E-state index contributed by atoms with van der Waals surface area (Å²) in [5.41, 5.74) is 0.965. The van der Waals surface area contributed by atoms with Crippen LogP contribution in [0.1, 0.15) is 31.4 Å². The fraction of sp³-hybridized carbons (Fsp3) is 0.562. The normalized spacial score (nSPS) is 18.7. The van der Waals surface area contributed by atoms with Crippen LogP contribution in [0.2, 0.25) is 0 Å². The van der Waals surface area contributed by atoms with Gasteiger partial charge in [-0.3, -0.25) is 4.90 Å². The first kappa shape index (κ1) is 16.9. The Morgan fingerprint density at radius 2 is 1.82 bits per heavy atom. The molecule has 1 saturated heterocycles. The van der Waals surface area contributed by atoms with Gasteiger partial charge >= 0.3 is 0 Å². The molecule has 1 atom stereocenters. The molecule has 6 heteroatoms. The van der Waals surface area contributed by atoms with Gasteiger partial charge in [0.05, 0.1) is 11.8 Å². The summed E-state index contributed by atoms with van der Waals surface area (Å²) in [7, 11) is -3.14. The van der Waals surface area contributed by atoms with E-state index in [1.165, 1.54) is 0 Å². The van der Waals surface area contributed by atoms with Crippen molar-refractivity contribution in [2.24, 2.45) is 0 Å². The van der Waals surface area contributed by atoms with Gasteiger partial charge in [0.1, 0.15) is 6.04 Å². The summed E-state index contributed by atoms with van der Waals surface area (Å²) < 4.78 is 26.0. The molecule has 0 N–H and O–H groups in total. The third kappa shape index (κ3) is 4.07. The molecule has 0 saturated carbocycles. The molecule has 120 valence electrons. The minimum absolute atomic E-state index is 0.226. The van der Waals surface area contributed by atoms with E-state index in [2.05, 4.69) is 11.0 Å². The Hall–Kier alpha value is -1.42. The van der Waals surface area contributed by atoms with Gasteiger partial charge < -0.3 is 0 Å². The maximum Gasteiger partial charge on any atom is 0.214 e. The molecule has 1 heterocycles. The fourth-order valence-electron chi connectivity index (χ4n) is 2.70. The second-order valence-corrected chi connectivity index (χ2v) is 7.64. The second-order valence-electron chi connectivity index (χ2n) is 5.55. The van der Waals surface area contributed by atoms with Crippen molar-refractivity contribution in [3.63, 3.8) is 0 Å². The highest BCUT2D eigenvalue weighted by Gasteiger charge is 2.30. The Balaban J connectivity index is 1.98. The topological polar surface area (TPSA) is 64.4 Å². The Kier molecular flexibility index (Phi) is 5.95. The van der Waals surface area contributed by atoms with E-state index < -0.39 is 10.0 Å². The third-order valence-electron chi connectivity index (χ3n) is 4.03. The predicted octanol–water partition coefficient (Wildman–Crippen LogP) is 2.00. The summed E-state index contributed by atoms with van der Waals surface area (Å²) in [5, 5.41) is 9.45. The number of sulfonamides is 1. The third-order valence-corrected chi connectivity index (χ3v) is 5.98. The summed E-state index contributed by atoms with van der Waals surface area (Å²) in [5.74, 6) is 0.226. The molecule has 0 amide bonds. The smallest absolute Gasteiger partial charge is 0.214 e. The van der Waals surface area contributed by atoms with Crippen molar-refractivity contribution in [3.05, 3.63) is 35.9 Å². The largest absolute Gasteiger partial charge is 0.282 e. The van der Waals surface area contributed by atoms with Crippen LogP contribution < -0.4 is 0 Å². The van der Waals surface area contributed by atoms with E-state index in [1.54, 1.807) is 4.31 Å². The summed E-state index contributed by atoms with van der Waals surface area (Å²) >= 11 is 0. The van der Waals surface area contributed by atoms with Crippen LogP contribution in [-0.4, -0.2) is 49.6 Å². The van der Waals surface area contributed by atoms with Crippen molar-refractivity contribution in [1.29, 1.82) is 5.26 Å². The molecule has 5 nitrogen and oxygen atoms in total. The summed E-state index contributed by atoms with van der Waals surface area (Å²) in [6, 6.07) is 11.7. The van der Waals surface area contributed by atoms with Gasteiger partial charge in [-0.05, 0) is 12.0 Å². The van der Waals surface area contributed by atoms with Crippen LogP contribution in [0.4, 0.5) is 0 Å². The van der Waals surface area contributed by atoms with Crippen LogP contribution in [0.15, 0.2) is 30.3 Å². The van der Waals surface area contributed by atoms with Gasteiger partial charge in [0, 0.05) is 26.2 Å². The number of nitrogens with zero attached hydrogens (tertiary/aromatic N) is 3. The Bertz CT molecular complexity index is 602. The van der Waals surface area contributed by atoms with Gasteiger partial charge in [0.15, 0.2) is 0 Å². The summed E-state index contributed by atoms with van der Waals surface area (Å²) in [4.78, 5) is 2.06. The maximum absolute atomic E-state index is 12.2. The molecule has 0 unspecified atom stereocenters. The fourth-order valence-corrected chi connectivity index (χ4v) is 4.33. The number of hydrogen-bond donors (Lipinski definition) is 0. The van der Waals surface area contributed by atoms with Crippen LogP contribution >= 0.6 is 0 Å². The first-order valence-corrected chi connectivity index (χ1v) is 9.36. The van der Waals surface area contributed by atoms with Crippen LogP contribution in [-0.2, 0) is 10.0 Å². The molecule has 0 spiro atoms. The van der Waals surface area contributed by atoms with Crippen molar-refractivity contribution >= 4 is 10.0 Å². The molecule has 1 aliphatic rings. The monoisotopic (exact) mass is 321 g/mol. The average Bonchev–Trinajstić information content (AvgIpc) is 2.55. The highest BCUT2D eigenvalue weighted by Crippen LogP contribution is 2.22.